The average Bonchev–Trinajstić information content (AvgIpc) is 2.52. The highest BCUT2D eigenvalue weighted by atomic mass is 16.7. The van der Waals surface area contributed by atoms with Gasteiger partial charge in [0, 0.05) is 0 Å². The summed E-state index contributed by atoms with van der Waals surface area (Å²) in [4.78, 5) is 0. The van der Waals surface area contributed by atoms with E-state index < -0.39 is 0 Å². The van der Waals surface area contributed by atoms with Gasteiger partial charge in [-0.05, 0) is 46.5 Å². The van der Waals surface area contributed by atoms with Crippen molar-refractivity contribution in [3.05, 3.63) is 23.7 Å². The van der Waals surface area contributed by atoms with E-state index in [0.717, 1.165) is 6.42 Å². The minimum absolute atomic E-state index is 0.203. The lowest BCUT2D eigenvalue weighted by Crippen LogP contribution is -2.41. The van der Waals surface area contributed by atoms with Gasteiger partial charge >= 0.3 is 7.12 Å². The second-order valence-electron chi connectivity index (χ2n) is 5.21. The van der Waals surface area contributed by atoms with Gasteiger partial charge in [0.1, 0.15) is 0 Å². The first-order valence-electron chi connectivity index (χ1n) is 7.01. The molecular weight excluding hydrogens is 223 g/mol. The van der Waals surface area contributed by atoms with Crippen LogP contribution in [0.25, 0.3) is 0 Å². The van der Waals surface area contributed by atoms with E-state index >= 15 is 0 Å². The molecule has 1 aliphatic heterocycles. The second kappa shape index (κ2) is 7.15. The summed E-state index contributed by atoms with van der Waals surface area (Å²) >= 11 is 0. The Morgan fingerprint density at radius 1 is 1.06 bits per heavy atom. The molecule has 1 heterocycles. The minimum Gasteiger partial charge on any atom is -0.400 e. The quantitative estimate of drug-likeness (QED) is 0.541. The first-order valence-corrected chi connectivity index (χ1v) is 7.01. The molecule has 0 bridgehead atoms. The molecule has 1 aliphatic rings. The van der Waals surface area contributed by atoms with Gasteiger partial charge in [-0.3, -0.25) is 0 Å². The zero-order chi connectivity index (χ0) is 14.4. The van der Waals surface area contributed by atoms with Crippen molar-refractivity contribution in [2.75, 3.05) is 0 Å². The molecule has 0 atom stereocenters. The largest absolute Gasteiger partial charge is 0.490 e. The third kappa shape index (κ3) is 3.99. The van der Waals surface area contributed by atoms with E-state index in [9.17, 15) is 0 Å². The first-order chi connectivity index (χ1) is 8.34. The summed E-state index contributed by atoms with van der Waals surface area (Å²) in [6.45, 7) is 16.5. The van der Waals surface area contributed by atoms with Gasteiger partial charge in [0.15, 0.2) is 0 Å². The summed E-state index contributed by atoms with van der Waals surface area (Å²) < 4.78 is 12.0. The van der Waals surface area contributed by atoms with E-state index in [1.807, 2.05) is 32.9 Å². The fourth-order valence-electron chi connectivity index (χ4n) is 1.58. The Bertz CT molecular complexity index is 288. The van der Waals surface area contributed by atoms with Crippen LogP contribution in [0.15, 0.2) is 23.7 Å². The lowest BCUT2D eigenvalue weighted by molar-refractivity contribution is 0.00578. The van der Waals surface area contributed by atoms with Crippen molar-refractivity contribution in [1.82, 2.24) is 0 Å². The van der Waals surface area contributed by atoms with Crippen molar-refractivity contribution in [3.8, 4) is 0 Å². The lowest BCUT2D eigenvalue weighted by Gasteiger charge is -2.32. The van der Waals surface area contributed by atoms with Gasteiger partial charge < -0.3 is 9.31 Å². The molecule has 0 aliphatic carbocycles. The highest BCUT2D eigenvalue weighted by Crippen LogP contribution is 2.38. The number of allylic oxidation sites excluding steroid dienone is 4. The van der Waals surface area contributed by atoms with Crippen LogP contribution in [0, 0.1) is 0 Å². The Labute approximate surface area is 114 Å². The summed E-state index contributed by atoms with van der Waals surface area (Å²) in [7, 11) is -0.203. The Hall–Kier alpha value is -0.535. The zero-order valence-electron chi connectivity index (χ0n) is 13.3. The van der Waals surface area contributed by atoms with Crippen LogP contribution in [-0.4, -0.2) is 18.3 Å². The van der Waals surface area contributed by atoms with E-state index in [1.54, 1.807) is 0 Å². The topological polar surface area (TPSA) is 18.5 Å². The van der Waals surface area contributed by atoms with E-state index in [4.69, 9.17) is 9.31 Å². The van der Waals surface area contributed by atoms with E-state index in [-0.39, 0.29) is 18.3 Å². The maximum absolute atomic E-state index is 5.99. The molecular formula is C15H29BO2. The molecule has 1 rings (SSSR count). The summed E-state index contributed by atoms with van der Waals surface area (Å²) in [5.41, 5.74) is 0.695. The zero-order valence-corrected chi connectivity index (χ0v) is 13.3. The highest BCUT2D eigenvalue weighted by molar-refractivity contribution is 6.54. The van der Waals surface area contributed by atoms with Gasteiger partial charge in [-0.2, -0.15) is 0 Å². The van der Waals surface area contributed by atoms with Crippen molar-refractivity contribution < 1.29 is 9.31 Å². The van der Waals surface area contributed by atoms with Crippen LogP contribution < -0.4 is 0 Å². The van der Waals surface area contributed by atoms with Gasteiger partial charge in [0.25, 0.3) is 0 Å². The minimum atomic E-state index is -0.248. The smallest absolute Gasteiger partial charge is 0.400 e. The fourth-order valence-corrected chi connectivity index (χ4v) is 1.58. The van der Waals surface area contributed by atoms with Crippen LogP contribution in [0.2, 0.25) is 0 Å². The molecule has 0 spiro atoms. The molecule has 0 aromatic carbocycles. The van der Waals surface area contributed by atoms with E-state index in [1.165, 1.54) is 5.47 Å². The van der Waals surface area contributed by atoms with E-state index in [0.29, 0.717) is 0 Å². The maximum Gasteiger partial charge on any atom is 0.490 e. The first kappa shape index (κ1) is 17.5. The molecule has 0 saturated carbocycles. The lowest BCUT2D eigenvalue weighted by atomic mass is 9.76. The highest BCUT2D eigenvalue weighted by Gasteiger charge is 2.51. The van der Waals surface area contributed by atoms with Crippen LogP contribution in [-0.2, 0) is 9.31 Å². The SMILES string of the molecule is C/C=C\C=C(/CC)B1OC(C)(C)C(C)(C)O1.CC. The normalized spacial score (nSPS) is 22.0. The predicted molar refractivity (Wildman–Crippen MR) is 80.6 cm³/mol. The number of rotatable bonds is 3. The molecule has 1 fully saturated rings. The number of hydrogen-bond donors (Lipinski definition) is 0. The standard InChI is InChI=1S/C13H23BO2.C2H6/c1-7-9-10-11(8-2)14-15-12(3,4)13(5,6)16-14;1-2/h7,9-10H,8H2,1-6H3;1-2H3/b9-7-,11-10+;. The van der Waals surface area contributed by atoms with E-state index in [2.05, 4.69) is 40.7 Å². The summed E-state index contributed by atoms with van der Waals surface area (Å²) in [5, 5.41) is 0. The summed E-state index contributed by atoms with van der Waals surface area (Å²) in [6, 6.07) is 0. The Morgan fingerprint density at radius 3 is 1.83 bits per heavy atom. The molecule has 104 valence electrons. The Kier molecular flexibility index (Phi) is 6.94. The Morgan fingerprint density at radius 2 is 1.50 bits per heavy atom. The van der Waals surface area contributed by atoms with Crippen LogP contribution in [0.4, 0.5) is 0 Å². The Balaban J connectivity index is 0.00000137. The number of hydrogen-bond acceptors (Lipinski definition) is 2. The van der Waals surface area contributed by atoms with Crippen molar-refractivity contribution in [3.63, 3.8) is 0 Å². The second-order valence-corrected chi connectivity index (χ2v) is 5.21. The van der Waals surface area contributed by atoms with Gasteiger partial charge in [-0.15, -0.1) is 0 Å². The third-order valence-corrected chi connectivity index (χ3v) is 3.47. The monoisotopic (exact) mass is 252 g/mol. The van der Waals surface area contributed by atoms with Crippen LogP contribution in [0.5, 0.6) is 0 Å². The molecule has 0 aromatic heterocycles. The molecule has 1 saturated heterocycles. The van der Waals surface area contributed by atoms with Crippen molar-refractivity contribution in [2.24, 2.45) is 0 Å². The van der Waals surface area contributed by atoms with Gasteiger partial charge in [-0.1, -0.05) is 39.0 Å². The van der Waals surface area contributed by atoms with Crippen molar-refractivity contribution in [1.29, 1.82) is 0 Å². The van der Waals surface area contributed by atoms with Crippen LogP contribution in [0.3, 0.4) is 0 Å². The fraction of sp³-hybridized carbons (Fsp3) is 0.733. The molecule has 0 aromatic rings. The van der Waals surface area contributed by atoms with Crippen LogP contribution >= 0.6 is 0 Å². The average molecular weight is 252 g/mol. The van der Waals surface area contributed by atoms with Crippen molar-refractivity contribution in [2.45, 2.75) is 73.0 Å². The maximum atomic E-state index is 5.99. The molecule has 0 amide bonds. The molecule has 18 heavy (non-hydrogen) atoms. The molecule has 0 unspecified atom stereocenters. The third-order valence-electron chi connectivity index (χ3n) is 3.47. The summed E-state index contributed by atoms with van der Waals surface area (Å²) in [5.74, 6) is 0. The van der Waals surface area contributed by atoms with Gasteiger partial charge in [-0.25, -0.2) is 0 Å². The van der Waals surface area contributed by atoms with Crippen LogP contribution in [0.1, 0.15) is 61.8 Å². The molecule has 3 heteroatoms. The van der Waals surface area contributed by atoms with Gasteiger partial charge in [0.05, 0.1) is 11.2 Å². The molecule has 2 nitrogen and oxygen atoms in total. The molecule has 0 N–H and O–H groups in total. The van der Waals surface area contributed by atoms with Gasteiger partial charge in [0.2, 0.25) is 0 Å². The molecule has 0 radical (unpaired) electrons. The van der Waals surface area contributed by atoms with Crippen molar-refractivity contribution >= 4 is 7.12 Å². The summed E-state index contributed by atoms with van der Waals surface area (Å²) in [6.07, 6.45) is 7.08. The predicted octanol–water partition coefficient (Wildman–Crippen LogP) is 4.56.